The predicted octanol–water partition coefficient (Wildman–Crippen LogP) is 4.39. The highest BCUT2D eigenvalue weighted by Gasteiger charge is 2.14. The molecular formula is C15H16ClNO2S2. The molecule has 0 saturated heterocycles. The number of aryl methyl sites for hydroxylation is 1. The van der Waals surface area contributed by atoms with Gasteiger partial charge in [0.15, 0.2) is 5.78 Å². The van der Waals surface area contributed by atoms with Crippen molar-refractivity contribution in [1.29, 1.82) is 0 Å². The number of hydrogen-bond acceptors (Lipinski definition) is 4. The van der Waals surface area contributed by atoms with Crippen molar-refractivity contribution in [3.63, 3.8) is 0 Å². The van der Waals surface area contributed by atoms with Crippen molar-refractivity contribution in [1.82, 2.24) is 4.90 Å². The first-order valence-electron chi connectivity index (χ1n) is 6.53. The third kappa shape index (κ3) is 4.66. The van der Waals surface area contributed by atoms with Gasteiger partial charge in [0.2, 0.25) is 5.91 Å². The van der Waals surface area contributed by atoms with Gasteiger partial charge in [-0.15, -0.1) is 22.7 Å². The smallest absolute Gasteiger partial charge is 0.223 e. The van der Waals surface area contributed by atoms with Crippen molar-refractivity contribution in [2.24, 2.45) is 0 Å². The van der Waals surface area contributed by atoms with Gasteiger partial charge in [-0.3, -0.25) is 9.59 Å². The van der Waals surface area contributed by atoms with Crippen molar-refractivity contribution >= 4 is 46.0 Å². The summed E-state index contributed by atoms with van der Waals surface area (Å²) in [6.45, 7) is 2.50. The first-order chi connectivity index (χ1) is 9.95. The Labute approximate surface area is 137 Å². The normalized spacial score (nSPS) is 10.6. The summed E-state index contributed by atoms with van der Waals surface area (Å²) in [6, 6.07) is 7.48. The SMILES string of the molecule is Cc1ccc(C(=O)CCC(=O)N(C)Cc2ccc(Cl)s2)s1. The second-order valence-corrected chi connectivity index (χ2v) is 7.88. The lowest BCUT2D eigenvalue weighted by Gasteiger charge is -2.15. The van der Waals surface area contributed by atoms with E-state index in [1.165, 1.54) is 22.7 Å². The fourth-order valence-corrected chi connectivity index (χ4v) is 3.85. The summed E-state index contributed by atoms with van der Waals surface area (Å²) in [5.74, 6) is 0.00942. The van der Waals surface area contributed by atoms with E-state index < -0.39 is 0 Å². The monoisotopic (exact) mass is 341 g/mol. The molecule has 1 amide bonds. The molecule has 3 nitrogen and oxygen atoms in total. The molecule has 0 aromatic carbocycles. The summed E-state index contributed by atoms with van der Waals surface area (Å²) < 4.78 is 0.717. The number of thiophene rings is 2. The molecule has 0 aliphatic heterocycles. The van der Waals surface area contributed by atoms with Gasteiger partial charge in [-0.1, -0.05) is 11.6 Å². The average molecular weight is 342 g/mol. The van der Waals surface area contributed by atoms with E-state index in [0.717, 1.165) is 14.6 Å². The number of nitrogens with zero attached hydrogens (tertiary/aromatic N) is 1. The van der Waals surface area contributed by atoms with Gasteiger partial charge in [-0.05, 0) is 31.2 Å². The quantitative estimate of drug-likeness (QED) is 0.730. The lowest BCUT2D eigenvalue weighted by Crippen LogP contribution is -2.26. The number of hydrogen-bond donors (Lipinski definition) is 0. The van der Waals surface area contributed by atoms with Crippen LogP contribution in [0.1, 0.15) is 32.3 Å². The van der Waals surface area contributed by atoms with Crippen molar-refractivity contribution in [3.8, 4) is 0 Å². The minimum Gasteiger partial charge on any atom is -0.341 e. The van der Waals surface area contributed by atoms with Crippen LogP contribution in [0, 0.1) is 6.92 Å². The van der Waals surface area contributed by atoms with Crippen LogP contribution >= 0.6 is 34.3 Å². The maximum absolute atomic E-state index is 12.0. The van der Waals surface area contributed by atoms with Gasteiger partial charge in [0.25, 0.3) is 0 Å². The Morgan fingerprint density at radius 1 is 1.14 bits per heavy atom. The van der Waals surface area contributed by atoms with Gasteiger partial charge < -0.3 is 4.90 Å². The van der Waals surface area contributed by atoms with Crippen LogP contribution in [0.3, 0.4) is 0 Å². The molecule has 6 heteroatoms. The highest BCUT2D eigenvalue weighted by atomic mass is 35.5. The van der Waals surface area contributed by atoms with E-state index in [2.05, 4.69) is 0 Å². The summed E-state index contributed by atoms with van der Waals surface area (Å²) in [5.41, 5.74) is 0. The maximum atomic E-state index is 12.0. The predicted molar refractivity (Wildman–Crippen MR) is 88.4 cm³/mol. The molecule has 0 aliphatic carbocycles. The maximum Gasteiger partial charge on any atom is 0.223 e. The Kier molecular flexibility index (Phi) is 5.56. The molecule has 112 valence electrons. The lowest BCUT2D eigenvalue weighted by atomic mass is 10.2. The molecule has 0 fully saturated rings. The first kappa shape index (κ1) is 16.2. The molecule has 0 N–H and O–H groups in total. The van der Waals surface area contributed by atoms with Crippen molar-refractivity contribution in [3.05, 3.63) is 43.2 Å². The van der Waals surface area contributed by atoms with E-state index in [4.69, 9.17) is 11.6 Å². The molecule has 21 heavy (non-hydrogen) atoms. The van der Waals surface area contributed by atoms with Crippen molar-refractivity contribution in [2.75, 3.05) is 7.05 Å². The van der Waals surface area contributed by atoms with Gasteiger partial charge >= 0.3 is 0 Å². The van der Waals surface area contributed by atoms with Crippen LogP contribution in [-0.4, -0.2) is 23.6 Å². The zero-order chi connectivity index (χ0) is 15.4. The van der Waals surface area contributed by atoms with Crippen molar-refractivity contribution in [2.45, 2.75) is 26.3 Å². The second kappa shape index (κ2) is 7.20. The lowest BCUT2D eigenvalue weighted by molar-refractivity contribution is -0.130. The fourth-order valence-electron chi connectivity index (χ4n) is 1.88. The Morgan fingerprint density at radius 3 is 2.48 bits per heavy atom. The van der Waals surface area contributed by atoms with E-state index >= 15 is 0 Å². The van der Waals surface area contributed by atoms with Crippen molar-refractivity contribution < 1.29 is 9.59 Å². The number of amides is 1. The number of carbonyl (C=O) groups excluding carboxylic acids is 2. The summed E-state index contributed by atoms with van der Waals surface area (Å²) in [4.78, 5) is 28.5. The van der Waals surface area contributed by atoms with E-state index in [1.807, 2.05) is 31.2 Å². The Bertz CT molecular complexity index is 648. The third-order valence-corrected chi connectivity index (χ3v) is 5.29. The largest absolute Gasteiger partial charge is 0.341 e. The Morgan fingerprint density at radius 2 is 1.90 bits per heavy atom. The number of Topliss-reactive ketones (excluding diaryl/α,β-unsaturated/α-hetero) is 1. The summed E-state index contributed by atoms with van der Waals surface area (Å²) >= 11 is 8.81. The zero-order valence-corrected chi connectivity index (χ0v) is 14.3. The van der Waals surface area contributed by atoms with Crippen LogP contribution in [-0.2, 0) is 11.3 Å². The van der Waals surface area contributed by atoms with Gasteiger partial charge in [0.05, 0.1) is 15.8 Å². The van der Waals surface area contributed by atoms with Crippen LogP contribution < -0.4 is 0 Å². The van der Waals surface area contributed by atoms with Crippen LogP contribution in [0.25, 0.3) is 0 Å². The van der Waals surface area contributed by atoms with Gasteiger partial charge in [-0.25, -0.2) is 0 Å². The molecule has 0 bridgehead atoms. The summed E-state index contributed by atoms with van der Waals surface area (Å²) in [6.07, 6.45) is 0.500. The highest BCUT2D eigenvalue weighted by Crippen LogP contribution is 2.23. The summed E-state index contributed by atoms with van der Waals surface area (Å²) in [7, 11) is 1.75. The van der Waals surface area contributed by atoms with Gasteiger partial charge in [0.1, 0.15) is 0 Å². The first-order valence-corrected chi connectivity index (χ1v) is 8.54. The van der Waals surface area contributed by atoms with Crippen LogP contribution in [0.15, 0.2) is 24.3 Å². The molecule has 0 aliphatic rings. The highest BCUT2D eigenvalue weighted by molar-refractivity contribution is 7.16. The Hall–Kier alpha value is -1.17. The van der Waals surface area contributed by atoms with Crippen LogP contribution in [0.2, 0.25) is 4.34 Å². The number of halogens is 1. The fraction of sp³-hybridized carbons (Fsp3) is 0.333. The number of rotatable bonds is 6. The molecule has 2 rings (SSSR count). The Balaban J connectivity index is 1.82. The molecule has 0 radical (unpaired) electrons. The number of ketones is 1. The minimum atomic E-state index is -0.0267. The molecule has 2 aromatic rings. The zero-order valence-electron chi connectivity index (χ0n) is 11.9. The molecule has 2 heterocycles. The molecule has 0 atom stereocenters. The number of carbonyl (C=O) groups is 2. The third-order valence-electron chi connectivity index (χ3n) is 3.03. The molecule has 0 saturated carbocycles. The van der Waals surface area contributed by atoms with E-state index in [-0.39, 0.29) is 24.5 Å². The van der Waals surface area contributed by atoms with Gasteiger partial charge in [0, 0.05) is 29.6 Å². The summed E-state index contributed by atoms with van der Waals surface area (Å²) in [5, 5.41) is 0. The molecule has 0 spiro atoms. The van der Waals surface area contributed by atoms with Gasteiger partial charge in [-0.2, -0.15) is 0 Å². The standard InChI is InChI=1S/C15H16ClNO2S2/c1-10-3-6-13(20-10)12(18)5-8-15(19)17(2)9-11-4-7-14(16)21-11/h3-4,6-7H,5,8-9H2,1-2H3. The second-order valence-electron chi connectivity index (χ2n) is 4.79. The molecule has 2 aromatic heterocycles. The molecule has 0 unspecified atom stereocenters. The topological polar surface area (TPSA) is 37.4 Å². The van der Waals surface area contributed by atoms with Crippen LogP contribution in [0.5, 0.6) is 0 Å². The van der Waals surface area contributed by atoms with E-state index in [0.29, 0.717) is 10.9 Å². The van der Waals surface area contributed by atoms with E-state index in [1.54, 1.807) is 11.9 Å². The molecular weight excluding hydrogens is 326 g/mol. The van der Waals surface area contributed by atoms with Crippen LogP contribution in [0.4, 0.5) is 0 Å². The van der Waals surface area contributed by atoms with E-state index in [9.17, 15) is 9.59 Å². The minimum absolute atomic E-state index is 0.0267. The average Bonchev–Trinajstić information content (AvgIpc) is 3.04.